The maximum absolute atomic E-state index is 11.8. The fourth-order valence-corrected chi connectivity index (χ4v) is 1.61. The molecule has 0 aliphatic heterocycles. The number of rotatable bonds is 4. The first-order valence-electron chi connectivity index (χ1n) is 5.25. The molecule has 1 amide bonds. The quantitative estimate of drug-likeness (QED) is 0.544. The van der Waals surface area contributed by atoms with E-state index in [1.807, 2.05) is 19.0 Å². The van der Waals surface area contributed by atoms with Crippen molar-refractivity contribution in [3.05, 3.63) is 35.2 Å². The molecular weight excluding hydrogens is 202 g/mol. The molecular formula is C12H19N3O. The van der Waals surface area contributed by atoms with Gasteiger partial charge in [-0.2, -0.15) is 0 Å². The molecule has 0 radical (unpaired) electrons. The minimum atomic E-state index is -0.130. The maximum Gasteiger partial charge on any atom is 0.253 e. The van der Waals surface area contributed by atoms with Crippen molar-refractivity contribution in [2.45, 2.75) is 12.8 Å². The Balaban J connectivity index is 3.15. The van der Waals surface area contributed by atoms with Crippen LogP contribution in [0.2, 0.25) is 0 Å². The molecule has 3 N–H and O–H groups in total. The normalized spacial score (nSPS) is 14.4. The highest BCUT2D eigenvalue weighted by molar-refractivity contribution is 5.98. The number of hydrogen-bond acceptors (Lipinski definition) is 3. The summed E-state index contributed by atoms with van der Waals surface area (Å²) in [5.41, 5.74) is 8.79. The summed E-state index contributed by atoms with van der Waals surface area (Å²) in [5, 5.41) is 2.62. The van der Waals surface area contributed by atoms with Crippen molar-refractivity contribution in [1.29, 1.82) is 0 Å². The number of nitrogens with zero attached hydrogens (tertiary/aromatic N) is 1. The number of carbonyl (C=O) groups excluding carboxylic acids is 1. The van der Waals surface area contributed by atoms with Gasteiger partial charge in [0.2, 0.25) is 0 Å². The zero-order chi connectivity index (χ0) is 12.3. The van der Waals surface area contributed by atoms with Crippen molar-refractivity contribution in [3.8, 4) is 0 Å². The summed E-state index contributed by atoms with van der Waals surface area (Å²) >= 11 is 0. The van der Waals surface area contributed by atoms with E-state index in [0.717, 1.165) is 18.5 Å². The fraction of sp³-hybridized carbons (Fsp3) is 0.417. The molecule has 4 heteroatoms. The molecule has 0 saturated heterocycles. The second-order valence-electron chi connectivity index (χ2n) is 4.06. The molecule has 1 fully saturated rings. The summed E-state index contributed by atoms with van der Waals surface area (Å²) in [6.45, 7) is 3.61. The predicted octanol–water partition coefficient (Wildman–Crippen LogP) is 0.741. The van der Waals surface area contributed by atoms with Gasteiger partial charge in [-0.25, -0.2) is 0 Å². The van der Waals surface area contributed by atoms with Crippen LogP contribution < -0.4 is 11.1 Å². The number of nitrogens with two attached hydrogens (primary N) is 1. The molecule has 0 heterocycles. The summed E-state index contributed by atoms with van der Waals surface area (Å²) in [4.78, 5) is 13.7. The summed E-state index contributed by atoms with van der Waals surface area (Å²) in [5.74, 6) is -0.130. The van der Waals surface area contributed by atoms with Crippen LogP contribution in [0.4, 0.5) is 0 Å². The Bertz CT molecular complexity index is 372. The Hall–Kier alpha value is -1.71. The second-order valence-corrected chi connectivity index (χ2v) is 4.06. The maximum atomic E-state index is 11.8. The molecule has 0 aromatic heterocycles. The molecule has 1 saturated carbocycles. The van der Waals surface area contributed by atoms with Crippen molar-refractivity contribution < 1.29 is 4.79 Å². The highest BCUT2D eigenvalue weighted by atomic mass is 16.1. The molecule has 1 aliphatic carbocycles. The molecule has 88 valence electrons. The average molecular weight is 221 g/mol. The summed E-state index contributed by atoms with van der Waals surface area (Å²) < 4.78 is 0. The highest BCUT2D eigenvalue weighted by Crippen LogP contribution is 2.35. The minimum Gasteiger partial charge on any atom is -0.399 e. The second kappa shape index (κ2) is 4.88. The van der Waals surface area contributed by atoms with Crippen LogP contribution in [0, 0.1) is 0 Å². The van der Waals surface area contributed by atoms with Gasteiger partial charge >= 0.3 is 0 Å². The zero-order valence-corrected chi connectivity index (χ0v) is 10.1. The van der Waals surface area contributed by atoms with Crippen LogP contribution in [0.5, 0.6) is 0 Å². The van der Waals surface area contributed by atoms with Crippen molar-refractivity contribution >= 4 is 5.91 Å². The Labute approximate surface area is 96.5 Å². The van der Waals surface area contributed by atoms with E-state index in [9.17, 15) is 4.79 Å². The van der Waals surface area contributed by atoms with E-state index >= 15 is 0 Å². The van der Waals surface area contributed by atoms with Crippen molar-refractivity contribution in [2.24, 2.45) is 5.73 Å². The van der Waals surface area contributed by atoms with Gasteiger partial charge in [-0.1, -0.05) is 6.58 Å². The van der Waals surface area contributed by atoms with Gasteiger partial charge in [-0.3, -0.25) is 4.79 Å². The Morgan fingerprint density at radius 1 is 1.50 bits per heavy atom. The third kappa shape index (κ3) is 2.89. The van der Waals surface area contributed by atoms with Crippen LogP contribution in [0.15, 0.2) is 35.2 Å². The number of likely N-dealkylation sites (N-methyl/N-ethyl adjacent to an activating group) is 2. The Morgan fingerprint density at radius 3 is 2.38 bits per heavy atom. The molecule has 0 aromatic carbocycles. The van der Waals surface area contributed by atoms with Gasteiger partial charge in [0.1, 0.15) is 0 Å². The molecule has 0 bridgehead atoms. The SMILES string of the molecule is C=C(N)/C=C(/C(=O)NC)C(=C1CC1)N(C)C. The van der Waals surface area contributed by atoms with E-state index in [2.05, 4.69) is 11.9 Å². The first kappa shape index (κ1) is 12.4. The number of allylic oxidation sites excluding steroid dienone is 2. The lowest BCUT2D eigenvalue weighted by molar-refractivity contribution is -0.116. The third-order valence-electron chi connectivity index (χ3n) is 2.34. The van der Waals surface area contributed by atoms with Crippen LogP contribution in [0.1, 0.15) is 12.8 Å². The number of nitrogens with one attached hydrogen (secondary N) is 1. The van der Waals surface area contributed by atoms with E-state index in [1.54, 1.807) is 13.1 Å². The highest BCUT2D eigenvalue weighted by Gasteiger charge is 2.25. The molecule has 0 unspecified atom stereocenters. The molecule has 0 atom stereocenters. The Kier molecular flexibility index (Phi) is 3.77. The van der Waals surface area contributed by atoms with Crippen molar-refractivity contribution in [1.82, 2.24) is 10.2 Å². The standard InChI is InChI=1S/C12H19N3O/c1-8(13)7-10(12(16)14-2)11(15(3)4)9-5-6-9/h7H,1,5-6,13H2,2-4H3,(H,14,16)/b10-7+. The zero-order valence-electron chi connectivity index (χ0n) is 10.1. The number of carbonyl (C=O) groups is 1. The Morgan fingerprint density at radius 2 is 2.06 bits per heavy atom. The van der Waals surface area contributed by atoms with Crippen LogP contribution in [0.25, 0.3) is 0 Å². The van der Waals surface area contributed by atoms with E-state index in [4.69, 9.17) is 5.73 Å². The van der Waals surface area contributed by atoms with Crippen molar-refractivity contribution in [2.75, 3.05) is 21.1 Å². The minimum absolute atomic E-state index is 0.130. The molecule has 16 heavy (non-hydrogen) atoms. The smallest absolute Gasteiger partial charge is 0.253 e. The monoisotopic (exact) mass is 221 g/mol. The van der Waals surface area contributed by atoms with Gasteiger partial charge in [0, 0.05) is 32.5 Å². The molecule has 1 rings (SSSR count). The van der Waals surface area contributed by atoms with E-state index in [1.165, 1.54) is 5.57 Å². The van der Waals surface area contributed by atoms with Gasteiger partial charge in [0.15, 0.2) is 0 Å². The van der Waals surface area contributed by atoms with Crippen molar-refractivity contribution in [3.63, 3.8) is 0 Å². The summed E-state index contributed by atoms with van der Waals surface area (Å²) in [6.07, 6.45) is 3.73. The van der Waals surface area contributed by atoms with Crippen LogP contribution in [-0.4, -0.2) is 32.0 Å². The third-order valence-corrected chi connectivity index (χ3v) is 2.34. The van der Waals surface area contributed by atoms with E-state index < -0.39 is 0 Å². The molecule has 4 nitrogen and oxygen atoms in total. The van der Waals surface area contributed by atoms with E-state index in [-0.39, 0.29) is 5.91 Å². The lowest BCUT2D eigenvalue weighted by Crippen LogP contribution is -2.26. The summed E-state index contributed by atoms with van der Waals surface area (Å²) in [6, 6.07) is 0. The fourth-order valence-electron chi connectivity index (χ4n) is 1.61. The topological polar surface area (TPSA) is 58.4 Å². The lowest BCUT2D eigenvalue weighted by Gasteiger charge is -2.19. The van der Waals surface area contributed by atoms with Gasteiger partial charge in [0.25, 0.3) is 5.91 Å². The van der Waals surface area contributed by atoms with Crippen LogP contribution >= 0.6 is 0 Å². The van der Waals surface area contributed by atoms with Crippen LogP contribution in [0.3, 0.4) is 0 Å². The largest absolute Gasteiger partial charge is 0.399 e. The molecule has 1 aliphatic rings. The summed E-state index contributed by atoms with van der Waals surface area (Å²) in [7, 11) is 5.47. The first-order chi connectivity index (χ1) is 7.47. The molecule has 0 aromatic rings. The van der Waals surface area contributed by atoms with Gasteiger partial charge in [0.05, 0.1) is 5.57 Å². The number of hydrogen-bond donors (Lipinski definition) is 2. The number of amides is 1. The van der Waals surface area contributed by atoms with Crippen LogP contribution in [-0.2, 0) is 4.79 Å². The predicted molar refractivity (Wildman–Crippen MR) is 65.4 cm³/mol. The van der Waals surface area contributed by atoms with Gasteiger partial charge in [-0.15, -0.1) is 0 Å². The first-order valence-corrected chi connectivity index (χ1v) is 5.25. The van der Waals surface area contributed by atoms with E-state index in [0.29, 0.717) is 11.3 Å². The van der Waals surface area contributed by atoms with Gasteiger partial charge in [-0.05, 0) is 24.5 Å². The average Bonchev–Trinajstić information content (AvgIpc) is 2.98. The molecule has 0 spiro atoms. The lowest BCUT2D eigenvalue weighted by atomic mass is 10.1. The van der Waals surface area contributed by atoms with Gasteiger partial charge < -0.3 is 16.0 Å².